The molecule has 66 valence electrons. The Hall–Kier alpha value is 0.0662. The summed E-state index contributed by atoms with van der Waals surface area (Å²) in [5.41, 5.74) is 1.18. The van der Waals surface area contributed by atoms with Gasteiger partial charge in [0.05, 0.1) is 0 Å². The Morgan fingerprint density at radius 3 is 2.62 bits per heavy atom. The molecule has 13 heavy (non-hydrogen) atoms. The molecule has 0 spiro atoms. The molecule has 0 amide bonds. The number of ether oxygens (including phenoxy) is 2. The first kappa shape index (κ1) is 13.1. The van der Waals surface area contributed by atoms with Crippen molar-refractivity contribution in [3.05, 3.63) is 30.7 Å². The average Bonchev–Trinajstić information content (AvgIpc) is 2.50. The Bertz CT molecular complexity index is 278. The summed E-state index contributed by atoms with van der Waals surface area (Å²) in [6, 6.07) is 5.89. The maximum absolute atomic E-state index is 5.19. The van der Waals surface area contributed by atoms with E-state index in [1.807, 2.05) is 18.2 Å². The van der Waals surface area contributed by atoms with E-state index >= 15 is 0 Å². The number of hydrogen-bond donors (Lipinski definition) is 0. The molecule has 0 radical (unpaired) electrons. The number of rotatable bonds is 1. The molecule has 2 rings (SSSR count). The zero-order valence-corrected chi connectivity index (χ0v) is 10.3. The minimum Gasteiger partial charge on any atom is -1.00 e. The van der Waals surface area contributed by atoms with Gasteiger partial charge in [0.2, 0.25) is 6.79 Å². The average molecular weight is 253 g/mol. The second-order valence-electron chi connectivity index (χ2n) is 2.44. The predicted octanol–water partition coefficient (Wildman–Crippen LogP) is -1.58. The minimum atomic E-state index is 0. The summed E-state index contributed by atoms with van der Waals surface area (Å²) in [7, 11) is 0. The molecule has 4 heteroatoms. The van der Waals surface area contributed by atoms with Crippen LogP contribution in [0.2, 0.25) is 0 Å². The van der Waals surface area contributed by atoms with Crippen molar-refractivity contribution in [1.29, 1.82) is 0 Å². The van der Waals surface area contributed by atoms with Crippen molar-refractivity contribution in [3.8, 4) is 11.5 Å². The summed E-state index contributed by atoms with van der Waals surface area (Å²) in [5, 5.41) is 0. The smallest absolute Gasteiger partial charge is 1.00 e. The van der Waals surface area contributed by atoms with Crippen molar-refractivity contribution < 1.29 is 26.5 Å². The summed E-state index contributed by atoms with van der Waals surface area (Å²) in [6.07, 6.45) is 0.788. The molecule has 0 aromatic heterocycles. The van der Waals surface area contributed by atoms with Gasteiger partial charge in [-0.3, -0.25) is 0 Å². The van der Waals surface area contributed by atoms with Gasteiger partial charge in [-0.15, -0.1) is 0 Å². The van der Waals surface area contributed by atoms with Gasteiger partial charge in [-0.25, -0.2) is 0 Å². The van der Waals surface area contributed by atoms with E-state index in [1.165, 1.54) is 5.56 Å². The summed E-state index contributed by atoms with van der Waals surface area (Å²) < 4.78 is 10.3. The Balaban J connectivity index is 0.000000720. The van der Waals surface area contributed by atoms with E-state index in [0.29, 0.717) is 6.79 Å². The molecule has 0 saturated heterocycles. The third kappa shape index (κ3) is 2.76. The SMILES string of the molecule is [Br-].[CH2-]Cc1ccc2c(c1)OCO2.[Mg+2]. The molecule has 0 bridgehead atoms. The first-order valence-corrected chi connectivity index (χ1v) is 3.58. The van der Waals surface area contributed by atoms with Crippen molar-refractivity contribution in [1.82, 2.24) is 0 Å². The van der Waals surface area contributed by atoms with Gasteiger partial charge in [-0.2, -0.15) is 6.42 Å². The van der Waals surface area contributed by atoms with Gasteiger partial charge in [0.25, 0.3) is 0 Å². The van der Waals surface area contributed by atoms with Crippen molar-refractivity contribution in [3.63, 3.8) is 0 Å². The fourth-order valence-corrected chi connectivity index (χ4v) is 1.10. The van der Waals surface area contributed by atoms with Gasteiger partial charge < -0.3 is 33.4 Å². The van der Waals surface area contributed by atoms with E-state index in [4.69, 9.17) is 9.47 Å². The maximum atomic E-state index is 5.19. The van der Waals surface area contributed by atoms with Gasteiger partial charge in [-0.1, -0.05) is 11.6 Å². The van der Waals surface area contributed by atoms with Gasteiger partial charge in [0, 0.05) is 0 Å². The van der Waals surface area contributed by atoms with Gasteiger partial charge in [0.1, 0.15) is 0 Å². The molecule has 0 atom stereocenters. The minimum absolute atomic E-state index is 0. The second-order valence-corrected chi connectivity index (χ2v) is 2.44. The molecule has 1 aliphatic heterocycles. The molecule has 0 saturated carbocycles. The van der Waals surface area contributed by atoms with Crippen molar-refractivity contribution in [2.75, 3.05) is 6.79 Å². The van der Waals surface area contributed by atoms with Crippen LogP contribution in [-0.4, -0.2) is 29.8 Å². The third-order valence-corrected chi connectivity index (χ3v) is 1.73. The molecule has 0 unspecified atom stereocenters. The zero-order valence-electron chi connectivity index (χ0n) is 7.25. The monoisotopic (exact) mass is 252 g/mol. The second kappa shape index (κ2) is 5.72. The van der Waals surface area contributed by atoms with Crippen LogP contribution in [0, 0.1) is 6.92 Å². The van der Waals surface area contributed by atoms with E-state index < -0.39 is 0 Å². The van der Waals surface area contributed by atoms with Gasteiger partial charge in [0.15, 0.2) is 11.5 Å². The Morgan fingerprint density at radius 2 is 1.92 bits per heavy atom. The van der Waals surface area contributed by atoms with Crippen LogP contribution in [-0.2, 0) is 6.42 Å². The topological polar surface area (TPSA) is 18.5 Å². The third-order valence-electron chi connectivity index (χ3n) is 1.73. The van der Waals surface area contributed by atoms with E-state index in [-0.39, 0.29) is 40.0 Å². The number of fused-ring (bicyclic) bond motifs is 1. The molecule has 1 heterocycles. The van der Waals surface area contributed by atoms with Crippen LogP contribution >= 0.6 is 0 Å². The molecule has 0 N–H and O–H groups in total. The Morgan fingerprint density at radius 1 is 1.23 bits per heavy atom. The van der Waals surface area contributed by atoms with Crippen LogP contribution in [0.3, 0.4) is 0 Å². The molecule has 0 aliphatic carbocycles. The summed E-state index contributed by atoms with van der Waals surface area (Å²) in [6.45, 7) is 4.13. The van der Waals surface area contributed by atoms with Crippen LogP contribution in [0.25, 0.3) is 0 Å². The normalized spacial score (nSPS) is 11.5. The summed E-state index contributed by atoms with van der Waals surface area (Å²) >= 11 is 0. The van der Waals surface area contributed by atoms with Crippen LogP contribution < -0.4 is 26.5 Å². The molecule has 0 fully saturated rings. The van der Waals surface area contributed by atoms with Crippen LogP contribution in [0.15, 0.2) is 18.2 Å². The number of hydrogen-bond acceptors (Lipinski definition) is 2. The molecule has 1 aliphatic rings. The van der Waals surface area contributed by atoms with E-state index in [0.717, 1.165) is 17.9 Å². The summed E-state index contributed by atoms with van der Waals surface area (Å²) in [5.74, 6) is 1.67. The van der Waals surface area contributed by atoms with Gasteiger partial charge in [-0.05, 0) is 12.1 Å². The summed E-state index contributed by atoms with van der Waals surface area (Å²) in [4.78, 5) is 0. The quantitative estimate of drug-likeness (QED) is 0.444. The standard InChI is InChI=1S/C9H9O2.BrH.Mg/c1-2-7-3-4-8-9(5-7)11-6-10-8;;/h3-5H,1-2,6H2;1H;/q-1;;+2/p-1. The van der Waals surface area contributed by atoms with Crippen molar-refractivity contribution >= 4 is 23.1 Å². The van der Waals surface area contributed by atoms with E-state index in [9.17, 15) is 0 Å². The van der Waals surface area contributed by atoms with Crippen molar-refractivity contribution in [2.45, 2.75) is 6.42 Å². The molecular formula is C9H9BrMgO2. The van der Waals surface area contributed by atoms with E-state index in [1.54, 1.807) is 0 Å². The van der Waals surface area contributed by atoms with Crippen molar-refractivity contribution in [2.24, 2.45) is 0 Å². The first-order valence-electron chi connectivity index (χ1n) is 3.58. The van der Waals surface area contributed by atoms with Crippen LogP contribution in [0.4, 0.5) is 0 Å². The zero-order chi connectivity index (χ0) is 7.68. The van der Waals surface area contributed by atoms with Crippen LogP contribution in [0.5, 0.6) is 11.5 Å². The number of benzene rings is 1. The predicted molar refractivity (Wildman–Crippen MR) is 47.4 cm³/mol. The molecule has 1 aromatic rings. The number of halogens is 1. The Labute approximate surface area is 105 Å². The Kier molecular flexibility index (Phi) is 5.75. The maximum Gasteiger partial charge on any atom is 2.00 e. The van der Waals surface area contributed by atoms with Crippen LogP contribution in [0.1, 0.15) is 5.56 Å². The molecule has 1 aromatic carbocycles. The molecular weight excluding hydrogens is 244 g/mol. The fourth-order valence-electron chi connectivity index (χ4n) is 1.10. The van der Waals surface area contributed by atoms with Gasteiger partial charge >= 0.3 is 23.1 Å². The fraction of sp³-hybridized carbons (Fsp3) is 0.222. The van der Waals surface area contributed by atoms with E-state index in [2.05, 4.69) is 6.92 Å². The first-order chi connectivity index (χ1) is 5.40. The molecule has 2 nitrogen and oxygen atoms in total. The largest absolute Gasteiger partial charge is 2.00 e.